The molecule has 0 radical (unpaired) electrons. The van der Waals surface area contributed by atoms with Crippen LogP contribution in [-0.2, 0) is 17.9 Å². The fourth-order valence-electron chi connectivity index (χ4n) is 1.40. The van der Waals surface area contributed by atoms with Crippen LogP contribution in [-0.4, -0.2) is 20.3 Å². The van der Waals surface area contributed by atoms with Gasteiger partial charge in [0, 0.05) is 6.54 Å². The number of carbonyl (C=O) groups is 1. The molecule has 0 N–H and O–H groups in total. The number of carbonyl (C=O) groups excluding carboxylic acids is 1. The maximum absolute atomic E-state index is 11.7. The highest BCUT2D eigenvalue weighted by molar-refractivity contribution is 5.49. The zero-order valence-electron chi connectivity index (χ0n) is 9.16. The number of aryl methyl sites for hydroxylation is 1. The second-order valence-corrected chi connectivity index (χ2v) is 3.33. The molecule has 1 rings (SSSR count). The van der Waals surface area contributed by atoms with Crippen LogP contribution in [0.2, 0.25) is 0 Å². The Morgan fingerprint density at radius 2 is 2.12 bits per heavy atom. The standard InChI is InChI=1S/C9H11N3O5/c1-2-3-10-6-7(12(16)17)8(14)11(4-5-13)9(10)15/h5-6H,2-4H2,1H3. The quantitative estimate of drug-likeness (QED) is 0.393. The SMILES string of the molecule is CCCn1cc([N+](=O)[O-])c(=O)n(CC=O)c1=O. The summed E-state index contributed by atoms with van der Waals surface area (Å²) in [5.74, 6) is 0. The average molecular weight is 241 g/mol. The molecule has 0 unspecified atom stereocenters. The van der Waals surface area contributed by atoms with Crippen molar-refractivity contribution in [3.8, 4) is 0 Å². The minimum absolute atomic E-state index is 0.249. The van der Waals surface area contributed by atoms with Gasteiger partial charge in [0.1, 0.15) is 6.29 Å². The Labute approximate surface area is 95.3 Å². The van der Waals surface area contributed by atoms with Crippen molar-refractivity contribution in [3.63, 3.8) is 0 Å². The molecule has 0 bridgehead atoms. The summed E-state index contributed by atoms with van der Waals surface area (Å²) in [5.41, 5.74) is -2.48. The average Bonchev–Trinajstić information content (AvgIpc) is 2.27. The van der Waals surface area contributed by atoms with Crippen LogP contribution in [0.15, 0.2) is 15.8 Å². The van der Waals surface area contributed by atoms with Gasteiger partial charge in [0.15, 0.2) is 0 Å². The van der Waals surface area contributed by atoms with Gasteiger partial charge in [-0.3, -0.25) is 19.5 Å². The van der Waals surface area contributed by atoms with E-state index in [0.29, 0.717) is 17.3 Å². The summed E-state index contributed by atoms with van der Waals surface area (Å²) in [6, 6.07) is 0. The van der Waals surface area contributed by atoms with Crippen LogP contribution in [0.25, 0.3) is 0 Å². The Bertz CT molecular complexity index is 557. The summed E-state index contributed by atoms with van der Waals surface area (Å²) >= 11 is 0. The van der Waals surface area contributed by atoms with Crippen molar-refractivity contribution in [2.24, 2.45) is 0 Å². The van der Waals surface area contributed by atoms with Crippen LogP contribution < -0.4 is 11.2 Å². The van der Waals surface area contributed by atoms with E-state index in [0.717, 1.165) is 10.8 Å². The van der Waals surface area contributed by atoms with Crippen LogP contribution in [0.5, 0.6) is 0 Å². The van der Waals surface area contributed by atoms with Gasteiger partial charge in [-0.25, -0.2) is 9.36 Å². The van der Waals surface area contributed by atoms with E-state index >= 15 is 0 Å². The molecule has 0 saturated carbocycles. The second-order valence-electron chi connectivity index (χ2n) is 3.33. The van der Waals surface area contributed by atoms with Crippen molar-refractivity contribution >= 4 is 12.0 Å². The van der Waals surface area contributed by atoms with E-state index in [1.807, 2.05) is 0 Å². The third kappa shape index (κ3) is 2.47. The molecule has 17 heavy (non-hydrogen) atoms. The molecular weight excluding hydrogens is 230 g/mol. The van der Waals surface area contributed by atoms with Crippen LogP contribution in [0.4, 0.5) is 5.69 Å². The number of aromatic nitrogens is 2. The van der Waals surface area contributed by atoms with E-state index in [-0.39, 0.29) is 6.54 Å². The van der Waals surface area contributed by atoms with Crippen molar-refractivity contribution in [2.45, 2.75) is 26.4 Å². The number of nitro groups is 1. The fraction of sp³-hybridized carbons (Fsp3) is 0.444. The number of hydrogen-bond donors (Lipinski definition) is 0. The zero-order valence-corrected chi connectivity index (χ0v) is 9.16. The van der Waals surface area contributed by atoms with Gasteiger partial charge >= 0.3 is 16.9 Å². The summed E-state index contributed by atoms with van der Waals surface area (Å²) in [5, 5.41) is 10.6. The molecule has 92 valence electrons. The minimum atomic E-state index is -1.06. The van der Waals surface area contributed by atoms with Crippen molar-refractivity contribution in [1.29, 1.82) is 0 Å². The topological polar surface area (TPSA) is 104 Å². The molecule has 0 aliphatic carbocycles. The van der Waals surface area contributed by atoms with Gasteiger partial charge in [0.25, 0.3) is 0 Å². The van der Waals surface area contributed by atoms with Crippen molar-refractivity contribution in [1.82, 2.24) is 9.13 Å². The Kier molecular flexibility index (Phi) is 3.91. The summed E-state index contributed by atoms with van der Waals surface area (Å²) < 4.78 is 1.61. The molecule has 8 heteroatoms. The van der Waals surface area contributed by atoms with Gasteiger partial charge in [0.05, 0.1) is 17.7 Å². The monoisotopic (exact) mass is 241 g/mol. The predicted molar refractivity (Wildman–Crippen MR) is 58.0 cm³/mol. The van der Waals surface area contributed by atoms with Crippen molar-refractivity contribution < 1.29 is 9.72 Å². The summed E-state index contributed by atoms with van der Waals surface area (Å²) in [6.07, 6.45) is 1.84. The fourth-order valence-corrected chi connectivity index (χ4v) is 1.40. The van der Waals surface area contributed by atoms with Gasteiger partial charge in [0.2, 0.25) is 0 Å². The lowest BCUT2D eigenvalue weighted by Crippen LogP contribution is -2.40. The van der Waals surface area contributed by atoms with E-state index in [1.54, 1.807) is 6.92 Å². The first kappa shape index (κ1) is 12.8. The molecule has 0 atom stereocenters. The molecular formula is C9H11N3O5. The van der Waals surface area contributed by atoms with Crippen LogP contribution in [0.3, 0.4) is 0 Å². The van der Waals surface area contributed by atoms with Gasteiger partial charge in [-0.15, -0.1) is 0 Å². The summed E-state index contributed by atoms with van der Waals surface area (Å²) in [4.78, 5) is 43.3. The molecule has 1 aromatic rings. The third-order valence-electron chi connectivity index (χ3n) is 2.14. The van der Waals surface area contributed by atoms with Gasteiger partial charge in [-0.05, 0) is 6.42 Å². The van der Waals surface area contributed by atoms with Crippen molar-refractivity contribution in [3.05, 3.63) is 37.1 Å². The smallest absolute Gasteiger partial charge is 0.301 e. The van der Waals surface area contributed by atoms with Gasteiger partial charge < -0.3 is 4.79 Å². The second kappa shape index (κ2) is 5.19. The summed E-state index contributed by atoms with van der Waals surface area (Å²) in [6.45, 7) is 1.55. The molecule has 0 saturated heterocycles. The summed E-state index contributed by atoms with van der Waals surface area (Å²) in [7, 11) is 0. The highest BCUT2D eigenvalue weighted by Crippen LogP contribution is 2.00. The highest BCUT2D eigenvalue weighted by Gasteiger charge is 2.19. The largest absolute Gasteiger partial charge is 0.350 e. The van der Waals surface area contributed by atoms with Gasteiger partial charge in [-0.2, -0.15) is 0 Å². The Hall–Kier alpha value is -2.25. The third-order valence-corrected chi connectivity index (χ3v) is 2.14. The van der Waals surface area contributed by atoms with E-state index in [2.05, 4.69) is 0 Å². The van der Waals surface area contributed by atoms with Crippen LogP contribution >= 0.6 is 0 Å². The molecule has 0 aliphatic rings. The number of hydrogen-bond acceptors (Lipinski definition) is 5. The molecule has 8 nitrogen and oxygen atoms in total. The van der Waals surface area contributed by atoms with Crippen molar-refractivity contribution in [2.75, 3.05) is 0 Å². The minimum Gasteiger partial charge on any atom is -0.301 e. The van der Waals surface area contributed by atoms with E-state index in [9.17, 15) is 24.5 Å². The Morgan fingerprint density at radius 3 is 2.59 bits per heavy atom. The lowest BCUT2D eigenvalue weighted by molar-refractivity contribution is -0.387. The first-order valence-corrected chi connectivity index (χ1v) is 4.95. The van der Waals surface area contributed by atoms with Crippen LogP contribution in [0.1, 0.15) is 13.3 Å². The number of rotatable bonds is 5. The Balaban J connectivity index is 3.57. The molecule has 0 fully saturated rings. The Morgan fingerprint density at radius 1 is 1.47 bits per heavy atom. The highest BCUT2D eigenvalue weighted by atomic mass is 16.6. The lowest BCUT2D eigenvalue weighted by Gasteiger charge is -2.06. The first-order valence-electron chi connectivity index (χ1n) is 4.95. The molecule has 0 spiro atoms. The maximum Gasteiger partial charge on any atom is 0.350 e. The molecule has 0 aromatic carbocycles. The normalized spacial score (nSPS) is 10.2. The maximum atomic E-state index is 11.7. The molecule has 0 amide bonds. The zero-order chi connectivity index (χ0) is 13.0. The van der Waals surface area contributed by atoms with Gasteiger partial charge in [-0.1, -0.05) is 6.92 Å². The number of aldehydes is 1. The molecule has 0 aliphatic heterocycles. The van der Waals surface area contributed by atoms with E-state index in [4.69, 9.17) is 0 Å². The van der Waals surface area contributed by atoms with E-state index < -0.39 is 28.4 Å². The first-order chi connectivity index (χ1) is 8.02. The molecule has 1 heterocycles. The predicted octanol–water partition coefficient (Wildman–Crippen LogP) is -0.473. The molecule has 1 aromatic heterocycles. The van der Waals surface area contributed by atoms with E-state index in [1.165, 1.54) is 0 Å². The lowest BCUT2D eigenvalue weighted by atomic mass is 10.4. The van der Waals surface area contributed by atoms with Crippen LogP contribution in [0, 0.1) is 10.1 Å². The number of nitrogens with zero attached hydrogens (tertiary/aromatic N) is 3.